The molecule has 3 aromatic carbocycles. The molecule has 0 amide bonds. The predicted molar refractivity (Wildman–Crippen MR) is 148 cm³/mol. The lowest BCUT2D eigenvalue weighted by atomic mass is 10.0. The Morgan fingerprint density at radius 1 is 0.865 bits per heavy atom. The molecule has 1 heterocycles. The molecule has 0 atom stereocenters. The highest BCUT2D eigenvalue weighted by atomic mass is 16.5. The van der Waals surface area contributed by atoms with Gasteiger partial charge in [0.1, 0.15) is 5.82 Å². The van der Waals surface area contributed by atoms with Crippen molar-refractivity contribution in [2.75, 3.05) is 13.7 Å². The Bertz CT molecular complexity index is 1340. The molecule has 37 heavy (non-hydrogen) atoms. The van der Waals surface area contributed by atoms with E-state index in [4.69, 9.17) is 14.5 Å². The first-order chi connectivity index (χ1) is 18.0. The van der Waals surface area contributed by atoms with Crippen molar-refractivity contribution in [3.05, 3.63) is 66.2 Å². The van der Waals surface area contributed by atoms with Gasteiger partial charge in [0.15, 0.2) is 11.5 Å². The number of hydrogen-bond acceptors (Lipinski definition) is 5. The van der Waals surface area contributed by atoms with Gasteiger partial charge in [-0.15, -0.1) is 0 Å². The van der Waals surface area contributed by atoms with E-state index in [1.54, 1.807) is 13.2 Å². The van der Waals surface area contributed by atoms with Gasteiger partial charge in [0.05, 0.1) is 30.3 Å². The minimum absolute atomic E-state index is 0.119. The first kappa shape index (κ1) is 26.3. The number of nitrogens with zero attached hydrogens (tertiary/aromatic N) is 2. The zero-order chi connectivity index (χ0) is 26.2. The van der Waals surface area contributed by atoms with Crippen molar-refractivity contribution in [2.24, 2.45) is 0 Å². The molecule has 0 saturated heterocycles. The Labute approximate surface area is 218 Å². The van der Waals surface area contributed by atoms with Crippen molar-refractivity contribution in [3.63, 3.8) is 0 Å². The van der Waals surface area contributed by atoms with Crippen LogP contribution < -0.4 is 4.74 Å². The second kappa shape index (κ2) is 12.4. The number of carbonyl (C=O) groups excluding carboxylic acids is 1. The number of rotatable bonds is 12. The van der Waals surface area contributed by atoms with E-state index in [0.29, 0.717) is 17.9 Å². The van der Waals surface area contributed by atoms with Gasteiger partial charge in [-0.1, -0.05) is 69.4 Å². The number of hydrogen-bond donors (Lipinski definition) is 1. The Morgan fingerprint density at radius 3 is 2.30 bits per heavy atom. The number of benzene rings is 3. The lowest BCUT2D eigenvalue weighted by molar-refractivity contribution is 0.0526. The summed E-state index contributed by atoms with van der Waals surface area (Å²) in [6.45, 7) is 5.25. The quantitative estimate of drug-likeness (QED) is 0.160. The van der Waals surface area contributed by atoms with Gasteiger partial charge in [-0.25, -0.2) is 9.78 Å². The van der Waals surface area contributed by atoms with Gasteiger partial charge in [0, 0.05) is 12.1 Å². The Hall–Kier alpha value is -3.80. The fourth-order valence-electron chi connectivity index (χ4n) is 4.64. The number of esters is 1. The number of methoxy groups -OCH3 is 1. The highest BCUT2D eigenvalue weighted by Gasteiger charge is 2.16. The maximum absolute atomic E-state index is 12.3. The third-order valence-corrected chi connectivity index (χ3v) is 6.65. The van der Waals surface area contributed by atoms with Crippen LogP contribution in [0.25, 0.3) is 33.5 Å². The smallest absolute Gasteiger partial charge is 0.338 e. The summed E-state index contributed by atoms with van der Waals surface area (Å²) in [6.07, 6.45) is 7.31. The van der Waals surface area contributed by atoms with Crippen molar-refractivity contribution in [1.82, 2.24) is 9.55 Å². The van der Waals surface area contributed by atoms with Crippen molar-refractivity contribution < 1.29 is 19.4 Å². The lowest BCUT2D eigenvalue weighted by Crippen LogP contribution is -2.04. The van der Waals surface area contributed by atoms with Gasteiger partial charge in [0.2, 0.25) is 0 Å². The molecule has 0 saturated carbocycles. The van der Waals surface area contributed by atoms with E-state index in [-0.39, 0.29) is 11.7 Å². The minimum Gasteiger partial charge on any atom is -0.504 e. The fourth-order valence-corrected chi connectivity index (χ4v) is 4.64. The third kappa shape index (κ3) is 6.13. The summed E-state index contributed by atoms with van der Waals surface area (Å²) >= 11 is 0. The first-order valence-corrected chi connectivity index (χ1v) is 13.2. The van der Waals surface area contributed by atoms with Crippen LogP contribution in [0.1, 0.15) is 62.7 Å². The highest BCUT2D eigenvalue weighted by molar-refractivity contribution is 5.94. The molecule has 0 fully saturated rings. The standard InChI is InChI=1S/C31H36N2O4/c1-4-6-7-8-9-10-19-33-27-17-15-25(31(35)37-5-2)20-26(27)32-30(33)23-13-11-22(12-14-23)24-16-18-28(34)29(21-24)36-3/h11-18,20-21,34H,4-10,19H2,1-3H3. The van der Waals surface area contributed by atoms with Gasteiger partial charge >= 0.3 is 5.97 Å². The third-order valence-electron chi connectivity index (χ3n) is 6.65. The molecule has 6 heteroatoms. The summed E-state index contributed by atoms with van der Waals surface area (Å²) in [5, 5.41) is 9.92. The number of phenols is 1. The lowest BCUT2D eigenvalue weighted by Gasteiger charge is -2.11. The number of phenolic OH excluding ortho intramolecular Hbond substituents is 1. The topological polar surface area (TPSA) is 73.6 Å². The van der Waals surface area contributed by atoms with E-state index >= 15 is 0 Å². The number of aromatic hydroxyl groups is 1. The molecule has 4 rings (SSSR count). The van der Waals surface area contributed by atoms with Gasteiger partial charge in [-0.2, -0.15) is 0 Å². The summed E-state index contributed by atoms with van der Waals surface area (Å²) in [5.41, 5.74) is 5.31. The maximum Gasteiger partial charge on any atom is 0.338 e. The van der Waals surface area contributed by atoms with Crippen LogP contribution in [0, 0.1) is 0 Å². The van der Waals surface area contributed by atoms with Crippen molar-refractivity contribution in [2.45, 2.75) is 58.9 Å². The maximum atomic E-state index is 12.3. The zero-order valence-corrected chi connectivity index (χ0v) is 22.0. The van der Waals surface area contributed by atoms with Gasteiger partial charge in [0.25, 0.3) is 0 Å². The van der Waals surface area contributed by atoms with Crippen molar-refractivity contribution in [1.29, 1.82) is 0 Å². The Kier molecular flexibility index (Phi) is 8.83. The van der Waals surface area contributed by atoms with Crippen LogP contribution in [0.4, 0.5) is 0 Å². The van der Waals surface area contributed by atoms with E-state index in [9.17, 15) is 9.90 Å². The van der Waals surface area contributed by atoms with Crippen LogP contribution >= 0.6 is 0 Å². The molecular weight excluding hydrogens is 464 g/mol. The number of aromatic nitrogens is 2. The first-order valence-electron chi connectivity index (χ1n) is 13.2. The average Bonchev–Trinajstić information content (AvgIpc) is 3.29. The van der Waals surface area contributed by atoms with Crippen LogP contribution in [0.2, 0.25) is 0 Å². The van der Waals surface area contributed by atoms with Crippen molar-refractivity contribution in [3.8, 4) is 34.0 Å². The fraction of sp³-hybridized carbons (Fsp3) is 0.355. The Morgan fingerprint density at radius 2 is 1.57 bits per heavy atom. The molecule has 0 unspecified atom stereocenters. The largest absolute Gasteiger partial charge is 0.504 e. The van der Waals surface area contributed by atoms with Crippen molar-refractivity contribution >= 4 is 17.0 Å². The monoisotopic (exact) mass is 500 g/mol. The van der Waals surface area contributed by atoms with Gasteiger partial charge < -0.3 is 19.1 Å². The minimum atomic E-state index is -0.329. The number of aryl methyl sites for hydroxylation is 1. The molecule has 194 valence electrons. The van der Waals surface area contributed by atoms with E-state index in [1.165, 1.54) is 32.1 Å². The molecule has 0 aliphatic carbocycles. The number of carbonyl (C=O) groups is 1. The summed E-state index contributed by atoms with van der Waals surface area (Å²) in [4.78, 5) is 17.3. The van der Waals surface area contributed by atoms with Crippen LogP contribution in [-0.2, 0) is 11.3 Å². The van der Waals surface area contributed by atoms with E-state index in [1.807, 2.05) is 37.3 Å². The Balaban J connectivity index is 1.65. The molecule has 0 spiro atoms. The van der Waals surface area contributed by atoms with E-state index in [0.717, 1.165) is 46.5 Å². The highest BCUT2D eigenvalue weighted by Crippen LogP contribution is 2.33. The summed E-state index contributed by atoms with van der Waals surface area (Å²) in [5.74, 6) is 1.12. The number of ether oxygens (including phenoxy) is 2. The molecule has 0 bridgehead atoms. The number of unbranched alkanes of at least 4 members (excludes halogenated alkanes) is 5. The molecule has 1 aromatic heterocycles. The van der Waals surface area contributed by atoms with Gasteiger partial charge in [-0.3, -0.25) is 0 Å². The average molecular weight is 501 g/mol. The molecular formula is C31H36N2O4. The normalized spacial score (nSPS) is 11.1. The predicted octanol–water partition coefficient (Wildman–Crippen LogP) is 7.62. The summed E-state index contributed by atoms with van der Waals surface area (Å²) in [6, 6.07) is 19.2. The summed E-state index contributed by atoms with van der Waals surface area (Å²) < 4.78 is 12.7. The molecule has 0 aliphatic rings. The number of imidazole rings is 1. The molecule has 1 N–H and O–H groups in total. The zero-order valence-electron chi connectivity index (χ0n) is 22.0. The number of fused-ring (bicyclic) bond motifs is 1. The molecule has 0 aliphatic heterocycles. The molecule has 4 aromatic rings. The van der Waals surface area contributed by atoms with Gasteiger partial charge in [-0.05, 0) is 54.8 Å². The SMILES string of the molecule is CCCCCCCCn1c(-c2ccc(-c3ccc(O)c(OC)c3)cc2)nc2cc(C(=O)OCC)ccc21. The molecule has 0 radical (unpaired) electrons. The summed E-state index contributed by atoms with van der Waals surface area (Å²) in [7, 11) is 1.55. The molecule has 6 nitrogen and oxygen atoms in total. The van der Waals surface area contributed by atoms with Crippen LogP contribution in [0.3, 0.4) is 0 Å². The van der Waals surface area contributed by atoms with E-state index in [2.05, 4.69) is 35.8 Å². The van der Waals surface area contributed by atoms with Crippen LogP contribution in [0.15, 0.2) is 60.7 Å². The van der Waals surface area contributed by atoms with Crippen LogP contribution in [0.5, 0.6) is 11.5 Å². The van der Waals surface area contributed by atoms with Crippen LogP contribution in [-0.4, -0.2) is 34.3 Å². The second-order valence-corrected chi connectivity index (χ2v) is 9.24. The van der Waals surface area contributed by atoms with E-state index < -0.39 is 0 Å². The second-order valence-electron chi connectivity index (χ2n) is 9.24.